The molecule has 0 unspecified atom stereocenters. The van der Waals surface area contributed by atoms with Gasteiger partial charge in [0.05, 0.1) is 25.8 Å². The minimum absolute atomic E-state index is 0.304. The smallest absolute Gasteiger partial charge is 0.220 e. The van der Waals surface area contributed by atoms with Crippen LogP contribution in [0, 0.1) is 17.0 Å². The van der Waals surface area contributed by atoms with Crippen LogP contribution in [-0.2, 0) is 0 Å². The summed E-state index contributed by atoms with van der Waals surface area (Å²) in [6.45, 7) is 1.53. The van der Waals surface area contributed by atoms with Gasteiger partial charge in [0.1, 0.15) is 16.8 Å². The third kappa shape index (κ3) is 5.10. The van der Waals surface area contributed by atoms with E-state index in [-0.39, 0.29) is 11.5 Å². The summed E-state index contributed by atoms with van der Waals surface area (Å²) in [6.07, 6.45) is 0. The van der Waals surface area contributed by atoms with E-state index in [1.54, 1.807) is 19.2 Å². The fraction of sp³-hybridized carbons (Fsp3) is 0.300. The van der Waals surface area contributed by atoms with Gasteiger partial charge < -0.3 is 14.2 Å². The summed E-state index contributed by atoms with van der Waals surface area (Å²) in [5.41, 5.74) is 1.53. The van der Waals surface area contributed by atoms with Gasteiger partial charge in [-0.2, -0.15) is 0 Å². The first-order chi connectivity index (χ1) is 14.9. The maximum atomic E-state index is 11.4. The first kappa shape index (κ1) is 22.9. The SMILES string of the molecule is COc1ccc(-n2c(C)nnc2S[C@@H](C[N+](=O)[O-])c2cc(Br)c(OC)c(OC)c2)cc1. The summed E-state index contributed by atoms with van der Waals surface area (Å²) in [5, 5.41) is 19.9. The highest BCUT2D eigenvalue weighted by Crippen LogP contribution is 2.43. The van der Waals surface area contributed by atoms with Gasteiger partial charge in [-0.25, -0.2) is 0 Å². The number of nitro groups is 1. The Kier molecular flexibility index (Phi) is 7.39. The molecule has 0 aliphatic heterocycles. The maximum absolute atomic E-state index is 11.4. The van der Waals surface area contributed by atoms with Crippen molar-refractivity contribution in [3.05, 3.63) is 62.4 Å². The van der Waals surface area contributed by atoms with Crippen LogP contribution in [0.15, 0.2) is 46.0 Å². The van der Waals surface area contributed by atoms with E-state index in [4.69, 9.17) is 14.2 Å². The van der Waals surface area contributed by atoms with Crippen LogP contribution in [0.2, 0.25) is 0 Å². The number of ether oxygens (including phenoxy) is 3. The van der Waals surface area contributed by atoms with Crippen molar-refractivity contribution in [1.29, 1.82) is 0 Å². The van der Waals surface area contributed by atoms with E-state index in [1.165, 1.54) is 26.0 Å². The maximum Gasteiger partial charge on any atom is 0.220 e. The van der Waals surface area contributed by atoms with Crippen LogP contribution in [0.1, 0.15) is 16.6 Å². The molecule has 11 heteroatoms. The van der Waals surface area contributed by atoms with Gasteiger partial charge in [-0.05, 0) is 64.8 Å². The second-order valence-corrected chi connectivity index (χ2v) is 8.45. The monoisotopic (exact) mass is 508 g/mol. The molecule has 0 fully saturated rings. The largest absolute Gasteiger partial charge is 0.497 e. The molecule has 0 amide bonds. The van der Waals surface area contributed by atoms with Gasteiger partial charge >= 0.3 is 0 Å². The number of halogens is 1. The number of hydrogen-bond donors (Lipinski definition) is 0. The van der Waals surface area contributed by atoms with Crippen molar-refractivity contribution in [2.45, 2.75) is 17.3 Å². The third-order valence-corrected chi connectivity index (χ3v) is 6.29. The third-order valence-electron chi connectivity index (χ3n) is 4.52. The molecule has 9 nitrogen and oxygen atoms in total. The quantitative estimate of drug-likeness (QED) is 0.237. The first-order valence-corrected chi connectivity index (χ1v) is 10.8. The van der Waals surface area contributed by atoms with Crippen molar-refractivity contribution < 1.29 is 19.1 Å². The summed E-state index contributed by atoms with van der Waals surface area (Å²) in [5.74, 6) is 2.40. The molecule has 0 aliphatic carbocycles. The lowest BCUT2D eigenvalue weighted by molar-refractivity contribution is -0.479. The summed E-state index contributed by atoms with van der Waals surface area (Å²) in [6, 6.07) is 11.0. The Hall–Kier alpha value is -2.79. The number of methoxy groups -OCH3 is 3. The van der Waals surface area contributed by atoms with Crippen molar-refractivity contribution >= 4 is 27.7 Å². The molecule has 0 radical (unpaired) electrons. The van der Waals surface area contributed by atoms with Crippen molar-refractivity contribution in [3.8, 4) is 22.9 Å². The summed E-state index contributed by atoms with van der Waals surface area (Å²) in [7, 11) is 4.66. The van der Waals surface area contributed by atoms with Gasteiger partial charge in [0.15, 0.2) is 16.7 Å². The number of aromatic nitrogens is 3. The van der Waals surface area contributed by atoms with Crippen molar-refractivity contribution in [1.82, 2.24) is 14.8 Å². The lowest BCUT2D eigenvalue weighted by atomic mass is 10.1. The van der Waals surface area contributed by atoms with E-state index in [9.17, 15) is 10.1 Å². The summed E-state index contributed by atoms with van der Waals surface area (Å²) in [4.78, 5) is 11.1. The van der Waals surface area contributed by atoms with E-state index in [1.807, 2.05) is 35.8 Å². The minimum atomic E-state index is -0.535. The standard InChI is InChI=1S/C20H21BrN4O5S/c1-12-22-23-20(25(12)14-5-7-15(28-2)8-6-14)31-18(11-24(26)27)13-9-16(21)19(30-4)17(10-13)29-3/h5-10,18H,11H2,1-4H3/t18-/m0/s1. The topological polar surface area (TPSA) is 102 Å². The van der Waals surface area contributed by atoms with Crippen LogP contribution in [0.3, 0.4) is 0 Å². The molecule has 31 heavy (non-hydrogen) atoms. The Morgan fingerprint density at radius 1 is 1.13 bits per heavy atom. The van der Waals surface area contributed by atoms with Gasteiger partial charge in [0.25, 0.3) is 0 Å². The predicted octanol–water partition coefficient (Wildman–Crippen LogP) is 4.47. The second-order valence-electron chi connectivity index (χ2n) is 6.42. The predicted molar refractivity (Wildman–Crippen MR) is 120 cm³/mol. The van der Waals surface area contributed by atoms with Crippen LogP contribution < -0.4 is 14.2 Å². The minimum Gasteiger partial charge on any atom is -0.497 e. The first-order valence-electron chi connectivity index (χ1n) is 9.14. The molecule has 0 saturated heterocycles. The second kappa shape index (κ2) is 10.0. The Morgan fingerprint density at radius 2 is 1.84 bits per heavy atom. The number of benzene rings is 2. The lowest BCUT2D eigenvalue weighted by Gasteiger charge is -2.17. The van der Waals surface area contributed by atoms with E-state index in [2.05, 4.69) is 26.1 Å². The number of aryl methyl sites for hydroxylation is 1. The van der Waals surface area contributed by atoms with Crippen LogP contribution >= 0.6 is 27.7 Å². The van der Waals surface area contributed by atoms with E-state index in [0.717, 1.165) is 11.4 Å². The normalized spacial score (nSPS) is 11.8. The molecule has 3 aromatic rings. The number of hydrogen-bond acceptors (Lipinski definition) is 8. The highest BCUT2D eigenvalue weighted by atomic mass is 79.9. The van der Waals surface area contributed by atoms with Gasteiger partial charge in [0, 0.05) is 10.6 Å². The molecule has 0 spiro atoms. The fourth-order valence-corrected chi connectivity index (χ4v) is 4.82. The van der Waals surface area contributed by atoms with E-state index >= 15 is 0 Å². The van der Waals surface area contributed by atoms with Gasteiger partial charge in [-0.3, -0.25) is 14.7 Å². The van der Waals surface area contributed by atoms with Crippen molar-refractivity contribution in [2.24, 2.45) is 0 Å². The van der Waals surface area contributed by atoms with Crippen LogP contribution in [0.25, 0.3) is 5.69 Å². The Bertz CT molecular complexity index is 1070. The average Bonchev–Trinajstić information content (AvgIpc) is 3.12. The zero-order chi connectivity index (χ0) is 22.5. The van der Waals surface area contributed by atoms with Gasteiger partial charge in [-0.15, -0.1) is 10.2 Å². The van der Waals surface area contributed by atoms with Gasteiger partial charge in [-0.1, -0.05) is 11.8 Å². The summed E-state index contributed by atoms with van der Waals surface area (Å²) >= 11 is 4.72. The zero-order valence-corrected chi connectivity index (χ0v) is 19.8. The molecule has 1 heterocycles. The molecule has 164 valence electrons. The van der Waals surface area contributed by atoms with Crippen LogP contribution in [-0.4, -0.2) is 47.6 Å². The number of thioether (sulfide) groups is 1. The van der Waals surface area contributed by atoms with Crippen LogP contribution in [0.5, 0.6) is 17.2 Å². The molecule has 3 rings (SSSR count). The molecule has 1 aromatic heterocycles. The highest BCUT2D eigenvalue weighted by molar-refractivity contribution is 9.10. The van der Waals surface area contributed by atoms with Crippen molar-refractivity contribution in [3.63, 3.8) is 0 Å². The number of rotatable bonds is 9. The Morgan fingerprint density at radius 3 is 2.42 bits per heavy atom. The lowest BCUT2D eigenvalue weighted by Crippen LogP contribution is -2.11. The molecule has 2 aromatic carbocycles. The zero-order valence-electron chi connectivity index (χ0n) is 17.4. The Labute approximate surface area is 192 Å². The molecule has 0 bridgehead atoms. The van der Waals surface area contributed by atoms with E-state index in [0.29, 0.717) is 32.5 Å². The molecule has 0 aliphatic rings. The Balaban J connectivity index is 2.01. The molecule has 0 N–H and O–H groups in total. The molecule has 0 saturated carbocycles. The average molecular weight is 509 g/mol. The van der Waals surface area contributed by atoms with Crippen molar-refractivity contribution in [2.75, 3.05) is 27.9 Å². The summed E-state index contributed by atoms with van der Waals surface area (Å²) < 4.78 is 18.5. The highest BCUT2D eigenvalue weighted by Gasteiger charge is 2.26. The van der Waals surface area contributed by atoms with Crippen LogP contribution in [0.4, 0.5) is 0 Å². The molecular formula is C20H21BrN4O5S. The molecular weight excluding hydrogens is 488 g/mol. The fourth-order valence-electron chi connectivity index (χ4n) is 3.04. The van der Waals surface area contributed by atoms with Gasteiger partial charge in [0.2, 0.25) is 6.54 Å². The van der Waals surface area contributed by atoms with E-state index < -0.39 is 5.25 Å². The molecule has 1 atom stereocenters. The number of nitrogens with zero attached hydrogens (tertiary/aromatic N) is 4.